The lowest BCUT2D eigenvalue weighted by molar-refractivity contribution is 0.113. The second-order valence-corrected chi connectivity index (χ2v) is 5.39. The van der Waals surface area contributed by atoms with Crippen molar-refractivity contribution in [3.63, 3.8) is 0 Å². The standard InChI is InChI=1S/C11H23NO2S/c1-12-11(9-4-2-3-5-9)8-15-7-10(14)6-13/h9-14H,2-8H2,1H3. The number of hydrogen-bond acceptors (Lipinski definition) is 4. The van der Waals surface area contributed by atoms with Crippen molar-refractivity contribution in [2.45, 2.75) is 37.8 Å². The van der Waals surface area contributed by atoms with E-state index >= 15 is 0 Å². The average molecular weight is 233 g/mol. The third kappa shape index (κ3) is 4.72. The number of rotatable bonds is 7. The van der Waals surface area contributed by atoms with Gasteiger partial charge in [0, 0.05) is 17.5 Å². The number of nitrogens with one attached hydrogen (secondary N) is 1. The Morgan fingerprint density at radius 1 is 1.33 bits per heavy atom. The van der Waals surface area contributed by atoms with E-state index in [1.807, 2.05) is 7.05 Å². The fourth-order valence-electron chi connectivity index (χ4n) is 2.20. The Hall–Kier alpha value is 0.230. The van der Waals surface area contributed by atoms with E-state index in [9.17, 15) is 5.11 Å². The highest BCUT2D eigenvalue weighted by Gasteiger charge is 2.23. The Bertz CT molecular complexity index is 163. The molecule has 90 valence electrons. The van der Waals surface area contributed by atoms with Gasteiger partial charge in [-0.05, 0) is 25.8 Å². The van der Waals surface area contributed by atoms with Crippen LogP contribution in [-0.4, -0.2) is 47.5 Å². The number of thioether (sulfide) groups is 1. The van der Waals surface area contributed by atoms with Gasteiger partial charge in [-0.3, -0.25) is 0 Å². The molecule has 1 aliphatic rings. The summed E-state index contributed by atoms with van der Waals surface area (Å²) in [6.07, 6.45) is 4.86. The fraction of sp³-hybridized carbons (Fsp3) is 1.00. The maximum atomic E-state index is 9.22. The maximum absolute atomic E-state index is 9.22. The lowest BCUT2D eigenvalue weighted by Crippen LogP contribution is -2.35. The first-order chi connectivity index (χ1) is 7.27. The van der Waals surface area contributed by atoms with Crippen LogP contribution in [-0.2, 0) is 0 Å². The second kappa shape index (κ2) is 7.49. The fourth-order valence-corrected chi connectivity index (χ4v) is 3.40. The Morgan fingerprint density at radius 3 is 2.53 bits per heavy atom. The van der Waals surface area contributed by atoms with Gasteiger partial charge >= 0.3 is 0 Å². The second-order valence-electron chi connectivity index (χ2n) is 4.31. The van der Waals surface area contributed by atoms with Crippen molar-refractivity contribution in [3.8, 4) is 0 Å². The highest BCUT2D eigenvalue weighted by atomic mass is 32.2. The summed E-state index contributed by atoms with van der Waals surface area (Å²) in [6.45, 7) is -0.124. The van der Waals surface area contributed by atoms with Gasteiger partial charge < -0.3 is 15.5 Å². The van der Waals surface area contributed by atoms with Crippen LogP contribution in [0.3, 0.4) is 0 Å². The molecule has 0 aromatic heterocycles. The van der Waals surface area contributed by atoms with Gasteiger partial charge in [-0.15, -0.1) is 0 Å². The van der Waals surface area contributed by atoms with Crippen molar-refractivity contribution >= 4 is 11.8 Å². The Balaban J connectivity index is 2.15. The molecule has 0 heterocycles. The van der Waals surface area contributed by atoms with Crippen LogP contribution in [0.1, 0.15) is 25.7 Å². The van der Waals surface area contributed by atoms with Crippen LogP contribution >= 0.6 is 11.8 Å². The Morgan fingerprint density at radius 2 is 2.00 bits per heavy atom. The average Bonchev–Trinajstić information content (AvgIpc) is 2.77. The summed E-state index contributed by atoms with van der Waals surface area (Å²) in [7, 11) is 2.02. The van der Waals surface area contributed by atoms with Crippen LogP contribution in [0.15, 0.2) is 0 Å². The molecule has 1 rings (SSSR count). The molecule has 3 nitrogen and oxygen atoms in total. The molecular weight excluding hydrogens is 210 g/mol. The summed E-state index contributed by atoms with van der Waals surface area (Å²) >= 11 is 1.73. The van der Waals surface area contributed by atoms with Crippen molar-refractivity contribution in [1.29, 1.82) is 0 Å². The van der Waals surface area contributed by atoms with Crippen LogP contribution in [0.5, 0.6) is 0 Å². The molecule has 1 fully saturated rings. The van der Waals surface area contributed by atoms with E-state index < -0.39 is 6.10 Å². The van der Waals surface area contributed by atoms with Crippen molar-refractivity contribution in [2.24, 2.45) is 5.92 Å². The molecule has 0 aliphatic heterocycles. The summed E-state index contributed by atoms with van der Waals surface area (Å²) in [4.78, 5) is 0. The maximum Gasteiger partial charge on any atom is 0.0861 e. The van der Waals surface area contributed by atoms with Gasteiger partial charge in [0.1, 0.15) is 0 Å². The smallest absolute Gasteiger partial charge is 0.0861 e. The first-order valence-corrected chi connectivity index (χ1v) is 6.97. The van der Waals surface area contributed by atoms with E-state index in [-0.39, 0.29) is 6.61 Å². The molecule has 0 radical (unpaired) electrons. The van der Waals surface area contributed by atoms with E-state index in [4.69, 9.17) is 5.11 Å². The normalized spacial score (nSPS) is 21.8. The monoisotopic (exact) mass is 233 g/mol. The lowest BCUT2D eigenvalue weighted by atomic mass is 10.0. The number of aliphatic hydroxyl groups is 2. The van der Waals surface area contributed by atoms with Crippen LogP contribution in [0.4, 0.5) is 0 Å². The van der Waals surface area contributed by atoms with Gasteiger partial charge in [0.05, 0.1) is 12.7 Å². The quantitative estimate of drug-likeness (QED) is 0.610. The summed E-state index contributed by atoms with van der Waals surface area (Å²) in [5, 5.41) is 21.3. The number of aliphatic hydroxyl groups excluding tert-OH is 2. The zero-order valence-corrected chi connectivity index (χ0v) is 10.3. The first-order valence-electron chi connectivity index (χ1n) is 5.82. The molecule has 4 heteroatoms. The molecule has 0 aromatic rings. The SMILES string of the molecule is CNC(CSCC(O)CO)C1CCCC1. The molecule has 3 N–H and O–H groups in total. The molecule has 15 heavy (non-hydrogen) atoms. The van der Waals surface area contributed by atoms with E-state index in [1.165, 1.54) is 25.7 Å². The molecule has 1 saturated carbocycles. The van der Waals surface area contributed by atoms with Gasteiger partial charge in [0.15, 0.2) is 0 Å². The first kappa shape index (κ1) is 13.3. The van der Waals surface area contributed by atoms with Crippen LogP contribution in [0.25, 0.3) is 0 Å². The third-order valence-electron chi connectivity index (χ3n) is 3.16. The summed E-state index contributed by atoms with van der Waals surface area (Å²) in [5.41, 5.74) is 0. The van der Waals surface area contributed by atoms with E-state index in [1.54, 1.807) is 11.8 Å². The lowest BCUT2D eigenvalue weighted by Gasteiger charge is -2.22. The largest absolute Gasteiger partial charge is 0.394 e. The van der Waals surface area contributed by atoms with Crippen LogP contribution in [0, 0.1) is 5.92 Å². The predicted octanol–water partition coefficient (Wildman–Crippen LogP) is 0.851. The summed E-state index contributed by atoms with van der Waals surface area (Å²) in [6, 6.07) is 0.573. The number of hydrogen-bond donors (Lipinski definition) is 3. The molecule has 0 aromatic carbocycles. The van der Waals surface area contributed by atoms with Crippen LogP contribution < -0.4 is 5.32 Å². The molecule has 2 unspecified atom stereocenters. The highest BCUT2D eigenvalue weighted by molar-refractivity contribution is 7.99. The minimum Gasteiger partial charge on any atom is -0.394 e. The molecule has 2 atom stereocenters. The molecular formula is C11H23NO2S. The highest BCUT2D eigenvalue weighted by Crippen LogP contribution is 2.29. The minimum atomic E-state index is -0.559. The summed E-state index contributed by atoms with van der Waals surface area (Å²) in [5.74, 6) is 2.49. The Kier molecular flexibility index (Phi) is 6.64. The topological polar surface area (TPSA) is 52.5 Å². The van der Waals surface area contributed by atoms with Gasteiger partial charge in [-0.1, -0.05) is 12.8 Å². The van der Waals surface area contributed by atoms with E-state index in [2.05, 4.69) is 5.32 Å². The van der Waals surface area contributed by atoms with Gasteiger partial charge in [0.25, 0.3) is 0 Å². The van der Waals surface area contributed by atoms with Gasteiger partial charge in [0.2, 0.25) is 0 Å². The molecule has 0 spiro atoms. The van der Waals surface area contributed by atoms with Crippen molar-refractivity contribution in [1.82, 2.24) is 5.32 Å². The van der Waals surface area contributed by atoms with Crippen molar-refractivity contribution in [3.05, 3.63) is 0 Å². The zero-order chi connectivity index (χ0) is 11.1. The van der Waals surface area contributed by atoms with Crippen molar-refractivity contribution in [2.75, 3.05) is 25.2 Å². The Labute approximate surface area is 96.6 Å². The molecule has 0 amide bonds. The predicted molar refractivity (Wildman–Crippen MR) is 65.2 cm³/mol. The molecule has 0 bridgehead atoms. The van der Waals surface area contributed by atoms with E-state index in [0.717, 1.165) is 11.7 Å². The minimum absolute atomic E-state index is 0.124. The summed E-state index contributed by atoms with van der Waals surface area (Å²) < 4.78 is 0. The van der Waals surface area contributed by atoms with Crippen molar-refractivity contribution < 1.29 is 10.2 Å². The third-order valence-corrected chi connectivity index (χ3v) is 4.37. The molecule has 1 aliphatic carbocycles. The van der Waals surface area contributed by atoms with E-state index in [0.29, 0.717) is 11.8 Å². The van der Waals surface area contributed by atoms with Gasteiger partial charge in [-0.2, -0.15) is 11.8 Å². The molecule has 0 saturated heterocycles. The zero-order valence-electron chi connectivity index (χ0n) is 9.48. The van der Waals surface area contributed by atoms with Gasteiger partial charge in [-0.25, -0.2) is 0 Å². The van der Waals surface area contributed by atoms with Crippen LogP contribution in [0.2, 0.25) is 0 Å².